The molecular weight excluding hydrogens is 345 g/mol. The van der Waals surface area contributed by atoms with Crippen molar-refractivity contribution in [2.75, 3.05) is 44.7 Å². The number of pyridine rings is 1. The molecule has 2 heterocycles. The highest BCUT2D eigenvalue weighted by molar-refractivity contribution is 5.80. The van der Waals surface area contributed by atoms with Gasteiger partial charge in [0, 0.05) is 45.5 Å². The van der Waals surface area contributed by atoms with Crippen LogP contribution in [0.5, 0.6) is 5.75 Å². The SMILES string of the molecule is CN=C(NCC(C)Oc1cccc(F)c1)N1CCN(c2ccccn2)CC1. The van der Waals surface area contributed by atoms with Gasteiger partial charge in [-0.3, -0.25) is 4.99 Å². The van der Waals surface area contributed by atoms with Gasteiger partial charge in [0.15, 0.2) is 5.96 Å². The van der Waals surface area contributed by atoms with Crippen LogP contribution in [0.4, 0.5) is 10.2 Å². The second kappa shape index (κ2) is 9.21. The molecule has 1 N–H and O–H groups in total. The first-order chi connectivity index (χ1) is 13.2. The quantitative estimate of drug-likeness (QED) is 0.646. The molecule has 1 saturated heterocycles. The van der Waals surface area contributed by atoms with Crippen LogP contribution in [0.3, 0.4) is 0 Å². The van der Waals surface area contributed by atoms with Gasteiger partial charge in [-0.15, -0.1) is 0 Å². The van der Waals surface area contributed by atoms with Crippen molar-refractivity contribution in [3.8, 4) is 5.75 Å². The molecule has 3 rings (SSSR count). The first kappa shape index (κ1) is 18.9. The smallest absolute Gasteiger partial charge is 0.193 e. The van der Waals surface area contributed by atoms with E-state index in [9.17, 15) is 4.39 Å². The van der Waals surface area contributed by atoms with Crippen LogP contribution >= 0.6 is 0 Å². The summed E-state index contributed by atoms with van der Waals surface area (Å²) in [7, 11) is 1.78. The normalized spacial score (nSPS) is 16.2. The van der Waals surface area contributed by atoms with Crippen molar-refractivity contribution in [2.24, 2.45) is 4.99 Å². The van der Waals surface area contributed by atoms with Crippen LogP contribution in [-0.2, 0) is 0 Å². The van der Waals surface area contributed by atoms with Crippen molar-refractivity contribution in [2.45, 2.75) is 13.0 Å². The lowest BCUT2D eigenvalue weighted by Crippen LogP contribution is -2.53. The summed E-state index contributed by atoms with van der Waals surface area (Å²) in [5.74, 6) is 2.10. The second-order valence-corrected chi connectivity index (χ2v) is 6.48. The van der Waals surface area contributed by atoms with Crippen molar-refractivity contribution >= 4 is 11.8 Å². The number of anilines is 1. The number of ether oxygens (including phenoxy) is 1. The fourth-order valence-corrected chi connectivity index (χ4v) is 3.07. The third-order valence-electron chi connectivity index (χ3n) is 4.45. The lowest BCUT2D eigenvalue weighted by atomic mass is 10.3. The summed E-state index contributed by atoms with van der Waals surface area (Å²) in [5, 5.41) is 3.35. The summed E-state index contributed by atoms with van der Waals surface area (Å²) in [5.41, 5.74) is 0. The highest BCUT2D eigenvalue weighted by Gasteiger charge is 2.20. The zero-order valence-electron chi connectivity index (χ0n) is 15.8. The molecule has 0 bridgehead atoms. The molecule has 1 aromatic carbocycles. The fraction of sp³-hybridized carbons (Fsp3) is 0.400. The number of nitrogens with zero attached hydrogens (tertiary/aromatic N) is 4. The van der Waals surface area contributed by atoms with Gasteiger partial charge in [-0.1, -0.05) is 12.1 Å². The number of nitrogens with one attached hydrogen (secondary N) is 1. The van der Waals surface area contributed by atoms with Crippen LogP contribution in [0.25, 0.3) is 0 Å². The topological polar surface area (TPSA) is 53.0 Å². The minimum Gasteiger partial charge on any atom is -0.489 e. The molecule has 7 heteroatoms. The Labute approximate surface area is 159 Å². The molecule has 0 amide bonds. The first-order valence-electron chi connectivity index (χ1n) is 9.19. The molecule has 0 spiro atoms. The summed E-state index contributed by atoms with van der Waals surface area (Å²) in [4.78, 5) is 13.3. The van der Waals surface area contributed by atoms with Gasteiger partial charge in [0.05, 0.1) is 6.54 Å². The van der Waals surface area contributed by atoms with Gasteiger partial charge in [-0.05, 0) is 31.2 Å². The van der Waals surface area contributed by atoms with Crippen LogP contribution < -0.4 is 15.0 Å². The zero-order valence-corrected chi connectivity index (χ0v) is 15.8. The lowest BCUT2D eigenvalue weighted by molar-refractivity contribution is 0.220. The number of hydrogen-bond donors (Lipinski definition) is 1. The highest BCUT2D eigenvalue weighted by atomic mass is 19.1. The number of aliphatic imine (C=N–C) groups is 1. The molecule has 1 fully saturated rings. The van der Waals surface area contributed by atoms with Gasteiger partial charge >= 0.3 is 0 Å². The molecule has 1 unspecified atom stereocenters. The van der Waals surface area contributed by atoms with E-state index < -0.39 is 0 Å². The Balaban J connectivity index is 1.47. The molecule has 144 valence electrons. The van der Waals surface area contributed by atoms with Crippen LogP contribution in [0, 0.1) is 5.82 Å². The fourth-order valence-electron chi connectivity index (χ4n) is 3.07. The molecule has 2 aromatic rings. The second-order valence-electron chi connectivity index (χ2n) is 6.48. The average molecular weight is 371 g/mol. The van der Waals surface area contributed by atoms with E-state index in [-0.39, 0.29) is 11.9 Å². The number of guanidine groups is 1. The minimum absolute atomic E-state index is 0.113. The van der Waals surface area contributed by atoms with E-state index in [0.29, 0.717) is 12.3 Å². The number of rotatable bonds is 5. The van der Waals surface area contributed by atoms with Crippen molar-refractivity contribution in [3.05, 3.63) is 54.5 Å². The van der Waals surface area contributed by atoms with Crippen LogP contribution in [0.1, 0.15) is 6.92 Å². The average Bonchev–Trinajstić information content (AvgIpc) is 2.69. The van der Waals surface area contributed by atoms with E-state index in [1.165, 1.54) is 12.1 Å². The number of piperazine rings is 1. The van der Waals surface area contributed by atoms with Gasteiger partial charge in [0.2, 0.25) is 0 Å². The molecule has 6 nitrogen and oxygen atoms in total. The molecule has 1 aliphatic rings. The Kier molecular flexibility index (Phi) is 6.46. The molecule has 1 atom stereocenters. The zero-order chi connectivity index (χ0) is 19.1. The first-order valence-corrected chi connectivity index (χ1v) is 9.19. The van der Waals surface area contributed by atoms with Gasteiger partial charge in [0.1, 0.15) is 23.5 Å². The third kappa shape index (κ3) is 5.32. The molecule has 0 aliphatic carbocycles. The van der Waals surface area contributed by atoms with Crippen LogP contribution in [0.15, 0.2) is 53.7 Å². The summed E-state index contributed by atoms with van der Waals surface area (Å²) >= 11 is 0. The van der Waals surface area contributed by atoms with Gasteiger partial charge in [-0.25, -0.2) is 9.37 Å². The highest BCUT2D eigenvalue weighted by Crippen LogP contribution is 2.14. The predicted octanol–water partition coefficient (Wildman–Crippen LogP) is 2.39. The summed E-state index contributed by atoms with van der Waals surface area (Å²) in [6.45, 7) is 6.07. The summed E-state index contributed by atoms with van der Waals surface area (Å²) in [6.07, 6.45) is 1.71. The Hall–Kier alpha value is -2.83. The molecule has 0 saturated carbocycles. The number of benzene rings is 1. The minimum atomic E-state index is -0.297. The number of aromatic nitrogens is 1. The Morgan fingerprint density at radius 1 is 1.22 bits per heavy atom. The Morgan fingerprint density at radius 2 is 2.04 bits per heavy atom. The maximum atomic E-state index is 13.3. The van der Waals surface area contributed by atoms with Crippen LogP contribution in [0.2, 0.25) is 0 Å². The Bertz CT molecular complexity index is 747. The molecule has 1 aromatic heterocycles. The summed E-state index contributed by atoms with van der Waals surface area (Å²) in [6, 6.07) is 12.2. The van der Waals surface area contributed by atoms with Gasteiger partial charge < -0.3 is 19.9 Å². The molecular formula is C20H26FN5O. The monoisotopic (exact) mass is 371 g/mol. The van der Waals surface area contributed by atoms with E-state index in [1.807, 2.05) is 31.3 Å². The largest absolute Gasteiger partial charge is 0.489 e. The van der Waals surface area contributed by atoms with E-state index in [4.69, 9.17) is 4.74 Å². The van der Waals surface area contributed by atoms with Crippen molar-refractivity contribution in [1.82, 2.24) is 15.2 Å². The van der Waals surface area contributed by atoms with Crippen molar-refractivity contribution in [1.29, 1.82) is 0 Å². The van der Waals surface area contributed by atoms with E-state index >= 15 is 0 Å². The maximum Gasteiger partial charge on any atom is 0.193 e. The molecule has 0 radical (unpaired) electrons. The Morgan fingerprint density at radius 3 is 2.70 bits per heavy atom. The van der Waals surface area contributed by atoms with Gasteiger partial charge in [0.25, 0.3) is 0 Å². The van der Waals surface area contributed by atoms with E-state index in [1.54, 1.807) is 19.2 Å². The number of hydrogen-bond acceptors (Lipinski definition) is 4. The van der Waals surface area contributed by atoms with Crippen LogP contribution in [-0.4, -0.2) is 61.7 Å². The predicted molar refractivity (Wildman–Crippen MR) is 106 cm³/mol. The van der Waals surface area contributed by atoms with Gasteiger partial charge in [-0.2, -0.15) is 0 Å². The van der Waals surface area contributed by atoms with E-state index in [0.717, 1.165) is 38.0 Å². The molecule has 27 heavy (non-hydrogen) atoms. The summed E-state index contributed by atoms with van der Waals surface area (Å²) < 4.78 is 19.0. The van der Waals surface area contributed by atoms with Crippen molar-refractivity contribution in [3.63, 3.8) is 0 Å². The lowest BCUT2D eigenvalue weighted by Gasteiger charge is -2.37. The maximum absolute atomic E-state index is 13.3. The standard InChI is InChI=1S/C20H26FN5O/c1-16(27-18-7-5-6-17(21)14-18)15-24-20(22-2)26-12-10-25(11-13-26)19-8-3-4-9-23-19/h3-9,14,16H,10-13,15H2,1-2H3,(H,22,24). The third-order valence-corrected chi connectivity index (χ3v) is 4.45. The van der Waals surface area contributed by atoms with E-state index in [2.05, 4.69) is 25.1 Å². The number of halogens is 1. The van der Waals surface area contributed by atoms with Crippen molar-refractivity contribution < 1.29 is 9.13 Å². The molecule has 1 aliphatic heterocycles.